The second-order valence-electron chi connectivity index (χ2n) is 5.06. The van der Waals surface area contributed by atoms with Gasteiger partial charge in [0.1, 0.15) is 5.60 Å². The number of nitrogens with two attached hydrogens (primary N) is 1. The van der Waals surface area contributed by atoms with Gasteiger partial charge in [-0.2, -0.15) is 0 Å². The molecule has 110 valence electrons. The summed E-state index contributed by atoms with van der Waals surface area (Å²) in [5, 5.41) is 7.83. The molecule has 3 N–H and O–H groups in total. The van der Waals surface area contributed by atoms with Crippen molar-refractivity contribution < 1.29 is 17.9 Å². The van der Waals surface area contributed by atoms with E-state index in [-0.39, 0.29) is 17.3 Å². The van der Waals surface area contributed by atoms with E-state index in [1.54, 1.807) is 19.1 Å². The maximum Gasteiger partial charge on any atom is 0.252 e. The highest BCUT2D eigenvalue weighted by Crippen LogP contribution is 2.25. The second-order valence-corrected chi connectivity index (χ2v) is 6.62. The van der Waals surface area contributed by atoms with Gasteiger partial charge in [0.05, 0.1) is 4.90 Å². The van der Waals surface area contributed by atoms with Crippen molar-refractivity contribution in [2.75, 3.05) is 6.61 Å². The molecule has 1 atom stereocenters. The lowest BCUT2D eigenvalue weighted by Gasteiger charge is -2.21. The standard InChI is InChI=1S/C13H18N2O4S/c1-13(6-3-7-19-13)12(16)15-9-10-4-2-5-11(8-10)20(14,17)18/h2,4-5,8H,3,6-7,9H2,1H3,(H,15,16)(H2,14,17,18). The van der Waals surface area contributed by atoms with Crippen molar-refractivity contribution in [1.29, 1.82) is 0 Å². The predicted molar refractivity (Wildman–Crippen MR) is 73.3 cm³/mol. The number of rotatable bonds is 4. The smallest absolute Gasteiger partial charge is 0.252 e. The first-order valence-corrected chi connectivity index (χ1v) is 7.90. The van der Waals surface area contributed by atoms with Crippen LogP contribution in [0.3, 0.4) is 0 Å². The zero-order valence-electron chi connectivity index (χ0n) is 11.3. The lowest BCUT2D eigenvalue weighted by molar-refractivity contribution is -0.139. The Hall–Kier alpha value is -1.44. The van der Waals surface area contributed by atoms with Crippen LogP contribution in [-0.2, 0) is 26.1 Å². The molecule has 0 spiro atoms. The van der Waals surface area contributed by atoms with E-state index in [2.05, 4.69) is 5.32 Å². The lowest BCUT2D eigenvalue weighted by Crippen LogP contribution is -2.43. The fraction of sp³-hybridized carbons (Fsp3) is 0.462. The molecule has 1 heterocycles. The zero-order chi connectivity index (χ0) is 14.8. The highest BCUT2D eigenvalue weighted by molar-refractivity contribution is 7.89. The number of benzene rings is 1. The molecular formula is C13H18N2O4S. The summed E-state index contributed by atoms with van der Waals surface area (Å²) in [5.74, 6) is -0.184. The topological polar surface area (TPSA) is 98.5 Å². The Morgan fingerprint density at radius 3 is 2.85 bits per heavy atom. The fourth-order valence-electron chi connectivity index (χ4n) is 2.16. The van der Waals surface area contributed by atoms with E-state index in [0.717, 1.165) is 6.42 Å². The van der Waals surface area contributed by atoms with Crippen molar-refractivity contribution in [1.82, 2.24) is 5.32 Å². The molecule has 0 aromatic heterocycles. The largest absolute Gasteiger partial charge is 0.365 e. The van der Waals surface area contributed by atoms with E-state index in [9.17, 15) is 13.2 Å². The minimum Gasteiger partial charge on any atom is -0.365 e. The van der Waals surface area contributed by atoms with E-state index in [0.29, 0.717) is 18.6 Å². The van der Waals surface area contributed by atoms with E-state index >= 15 is 0 Å². The van der Waals surface area contributed by atoms with Gasteiger partial charge in [-0.15, -0.1) is 0 Å². The molecule has 0 bridgehead atoms. The van der Waals surface area contributed by atoms with Crippen molar-refractivity contribution in [3.05, 3.63) is 29.8 Å². The van der Waals surface area contributed by atoms with Gasteiger partial charge in [-0.3, -0.25) is 4.79 Å². The van der Waals surface area contributed by atoms with Crippen molar-refractivity contribution >= 4 is 15.9 Å². The summed E-state index contributed by atoms with van der Waals surface area (Å²) in [4.78, 5) is 12.1. The molecule has 6 nitrogen and oxygen atoms in total. The Labute approximate surface area is 118 Å². The molecule has 1 amide bonds. The van der Waals surface area contributed by atoms with Gasteiger partial charge in [0.15, 0.2) is 0 Å². The Morgan fingerprint density at radius 1 is 1.50 bits per heavy atom. The second kappa shape index (κ2) is 5.51. The van der Waals surface area contributed by atoms with Crippen LogP contribution in [0.4, 0.5) is 0 Å². The summed E-state index contributed by atoms with van der Waals surface area (Å²) in [6.07, 6.45) is 1.56. The normalized spacial score (nSPS) is 22.7. The average Bonchev–Trinajstić information content (AvgIpc) is 2.83. The third kappa shape index (κ3) is 3.36. The predicted octanol–water partition coefficient (Wildman–Crippen LogP) is 0.519. The molecule has 20 heavy (non-hydrogen) atoms. The third-order valence-electron chi connectivity index (χ3n) is 3.38. The van der Waals surface area contributed by atoms with Crippen LogP contribution in [0.15, 0.2) is 29.2 Å². The number of carbonyl (C=O) groups excluding carboxylic acids is 1. The molecule has 1 aliphatic rings. The molecule has 1 aromatic carbocycles. The summed E-state index contributed by atoms with van der Waals surface area (Å²) in [6, 6.07) is 6.19. The van der Waals surface area contributed by atoms with Gasteiger partial charge in [0.25, 0.3) is 5.91 Å². The summed E-state index contributed by atoms with van der Waals surface area (Å²) in [5.41, 5.74) is -0.108. The molecule has 1 unspecified atom stereocenters. The number of hydrogen-bond donors (Lipinski definition) is 2. The molecule has 1 saturated heterocycles. The van der Waals surface area contributed by atoms with E-state index in [1.165, 1.54) is 12.1 Å². The maximum atomic E-state index is 12.0. The average molecular weight is 298 g/mol. The quantitative estimate of drug-likeness (QED) is 0.846. The highest BCUT2D eigenvalue weighted by Gasteiger charge is 2.37. The monoisotopic (exact) mass is 298 g/mol. The summed E-state index contributed by atoms with van der Waals surface area (Å²) < 4.78 is 27.9. The Morgan fingerprint density at radius 2 is 2.25 bits per heavy atom. The molecule has 0 aliphatic carbocycles. The minimum atomic E-state index is -3.73. The Kier molecular flexibility index (Phi) is 4.12. The number of hydrogen-bond acceptors (Lipinski definition) is 4. The molecule has 0 saturated carbocycles. The molecule has 7 heteroatoms. The molecule has 2 rings (SSSR count). The van der Waals surface area contributed by atoms with Crippen molar-refractivity contribution in [2.45, 2.75) is 36.8 Å². The van der Waals surface area contributed by atoms with Crippen LogP contribution >= 0.6 is 0 Å². The Bertz CT molecular complexity index is 607. The van der Waals surface area contributed by atoms with Gasteiger partial charge < -0.3 is 10.1 Å². The van der Waals surface area contributed by atoms with Gasteiger partial charge in [-0.25, -0.2) is 13.6 Å². The molecule has 0 radical (unpaired) electrons. The van der Waals surface area contributed by atoms with Crippen LogP contribution in [0, 0.1) is 0 Å². The van der Waals surface area contributed by atoms with Gasteiger partial charge in [-0.05, 0) is 37.5 Å². The van der Waals surface area contributed by atoms with Crippen LogP contribution < -0.4 is 10.5 Å². The number of carbonyl (C=O) groups is 1. The van der Waals surface area contributed by atoms with E-state index in [4.69, 9.17) is 9.88 Å². The van der Waals surface area contributed by atoms with Crippen LogP contribution in [0.2, 0.25) is 0 Å². The number of primary sulfonamides is 1. The minimum absolute atomic E-state index is 0.0348. The summed E-state index contributed by atoms with van der Waals surface area (Å²) >= 11 is 0. The highest BCUT2D eigenvalue weighted by atomic mass is 32.2. The van der Waals surface area contributed by atoms with E-state index < -0.39 is 15.6 Å². The number of sulfonamides is 1. The fourth-order valence-corrected chi connectivity index (χ4v) is 2.74. The molecule has 1 fully saturated rings. The summed E-state index contributed by atoms with van der Waals surface area (Å²) in [6.45, 7) is 2.59. The first-order chi connectivity index (χ1) is 9.31. The molecular weight excluding hydrogens is 280 g/mol. The van der Waals surface area contributed by atoms with Crippen LogP contribution in [0.1, 0.15) is 25.3 Å². The Balaban J connectivity index is 2.03. The zero-order valence-corrected chi connectivity index (χ0v) is 12.1. The van der Waals surface area contributed by atoms with Crippen molar-refractivity contribution in [2.24, 2.45) is 5.14 Å². The van der Waals surface area contributed by atoms with Gasteiger partial charge in [-0.1, -0.05) is 12.1 Å². The van der Waals surface area contributed by atoms with Crippen molar-refractivity contribution in [3.63, 3.8) is 0 Å². The van der Waals surface area contributed by atoms with Gasteiger partial charge in [0.2, 0.25) is 10.0 Å². The van der Waals surface area contributed by atoms with Gasteiger partial charge >= 0.3 is 0 Å². The first kappa shape index (κ1) is 15.0. The van der Waals surface area contributed by atoms with Crippen LogP contribution in [0.5, 0.6) is 0 Å². The van der Waals surface area contributed by atoms with Crippen LogP contribution in [-0.4, -0.2) is 26.5 Å². The molecule has 1 aromatic rings. The maximum absolute atomic E-state index is 12.0. The third-order valence-corrected chi connectivity index (χ3v) is 4.29. The molecule has 1 aliphatic heterocycles. The number of ether oxygens (including phenoxy) is 1. The number of nitrogens with one attached hydrogen (secondary N) is 1. The van der Waals surface area contributed by atoms with Gasteiger partial charge in [0, 0.05) is 13.2 Å². The number of amides is 1. The van der Waals surface area contributed by atoms with Crippen LogP contribution in [0.25, 0.3) is 0 Å². The first-order valence-electron chi connectivity index (χ1n) is 6.35. The summed E-state index contributed by atoms with van der Waals surface area (Å²) in [7, 11) is -3.73. The van der Waals surface area contributed by atoms with Crippen molar-refractivity contribution in [3.8, 4) is 0 Å². The SMILES string of the molecule is CC1(C(=O)NCc2cccc(S(N)(=O)=O)c2)CCCO1. The van der Waals surface area contributed by atoms with E-state index in [1.807, 2.05) is 0 Å². The lowest BCUT2D eigenvalue weighted by atomic mass is 10.0.